The Hall–Kier alpha value is -0.940. The van der Waals surface area contributed by atoms with Gasteiger partial charge in [-0.2, -0.15) is 0 Å². The number of ketones is 1. The summed E-state index contributed by atoms with van der Waals surface area (Å²) in [4.78, 5) is 23.6. The van der Waals surface area contributed by atoms with Crippen molar-refractivity contribution in [2.24, 2.45) is 0 Å². The van der Waals surface area contributed by atoms with Gasteiger partial charge >= 0.3 is 5.97 Å². The second-order valence-electron chi connectivity index (χ2n) is 6.04. The molecule has 0 spiro atoms. The molecule has 1 aliphatic rings. The van der Waals surface area contributed by atoms with Crippen molar-refractivity contribution < 1.29 is 23.8 Å². The predicted molar refractivity (Wildman–Crippen MR) is 65.0 cm³/mol. The van der Waals surface area contributed by atoms with Crippen LogP contribution in [0.1, 0.15) is 48.0 Å². The van der Waals surface area contributed by atoms with Crippen molar-refractivity contribution in [2.75, 3.05) is 0 Å². The number of carbonyl (C=O) groups excluding carboxylic acids is 2. The van der Waals surface area contributed by atoms with E-state index < -0.39 is 29.2 Å². The Kier molecular flexibility index (Phi) is 4.18. The monoisotopic (exact) mass is 258 g/mol. The van der Waals surface area contributed by atoms with Gasteiger partial charge in [0.15, 0.2) is 5.79 Å². The van der Waals surface area contributed by atoms with E-state index in [9.17, 15) is 9.59 Å². The lowest BCUT2D eigenvalue weighted by molar-refractivity contribution is -0.289. The Morgan fingerprint density at radius 2 is 1.78 bits per heavy atom. The summed E-state index contributed by atoms with van der Waals surface area (Å²) in [6, 6.07) is 0. The molecule has 5 nitrogen and oxygen atoms in total. The molecular formula is C13H22O5. The average molecular weight is 258 g/mol. The van der Waals surface area contributed by atoms with Gasteiger partial charge in [-0.25, -0.2) is 4.79 Å². The van der Waals surface area contributed by atoms with Crippen LogP contribution in [0.3, 0.4) is 0 Å². The summed E-state index contributed by atoms with van der Waals surface area (Å²) >= 11 is 0. The van der Waals surface area contributed by atoms with E-state index in [4.69, 9.17) is 14.2 Å². The maximum absolute atomic E-state index is 12.0. The van der Waals surface area contributed by atoms with Crippen molar-refractivity contribution in [1.82, 2.24) is 0 Å². The summed E-state index contributed by atoms with van der Waals surface area (Å²) in [6.45, 7) is 10.4. The number of Topliss-reactive ketones (excluding diaryl/α,β-unsaturated/α-hetero) is 1. The zero-order valence-electron chi connectivity index (χ0n) is 11.9. The van der Waals surface area contributed by atoms with Crippen LogP contribution in [0.5, 0.6) is 0 Å². The van der Waals surface area contributed by atoms with Crippen LogP contribution < -0.4 is 0 Å². The first-order valence-electron chi connectivity index (χ1n) is 6.13. The quantitative estimate of drug-likeness (QED) is 0.558. The van der Waals surface area contributed by atoms with Crippen LogP contribution in [0.15, 0.2) is 0 Å². The molecular weight excluding hydrogens is 236 g/mol. The van der Waals surface area contributed by atoms with Gasteiger partial charge in [0.05, 0.1) is 6.10 Å². The predicted octanol–water partition coefficient (Wildman–Crippen LogP) is 1.83. The molecule has 0 saturated carbocycles. The van der Waals surface area contributed by atoms with Crippen LogP contribution in [0.25, 0.3) is 0 Å². The fourth-order valence-corrected chi connectivity index (χ4v) is 1.87. The van der Waals surface area contributed by atoms with Gasteiger partial charge in [-0.3, -0.25) is 4.79 Å². The summed E-state index contributed by atoms with van der Waals surface area (Å²) in [5, 5.41) is 0. The Morgan fingerprint density at radius 3 is 2.22 bits per heavy atom. The Balaban J connectivity index is 2.69. The molecule has 0 aromatic heterocycles. The van der Waals surface area contributed by atoms with Crippen LogP contribution in [0, 0.1) is 0 Å². The fourth-order valence-electron chi connectivity index (χ4n) is 1.87. The third-order valence-electron chi connectivity index (χ3n) is 2.35. The molecule has 0 N–H and O–H groups in total. The minimum Gasteiger partial charge on any atom is -0.454 e. The Bertz CT molecular complexity index is 340. The molecule has 18 heavy (non-hydrogen) atoms. The molecule has 0 aromatic rings. The third kappa shape index (κ3) is 4.38. The van der Waals surface area contributed by atoms with Gasteiger partial charge < -0.3 is 14.2 Å². The van der Waals surface area contributed by atoms with E-state index in [1.165, 1.54) is 0 Å². The van der Waals surface area contributed by atoms with Crippen LogP contribution >= 0.6 is 0 Å². The number of rotatable bonds is 2. The van der Waals surface area contributed by atoms with Crippen molar-refractivity contribution in [2.45, 2.75) is 71.6 Å². The summed E-state index contributed by atoms with van der Waals surface area (Å²) in [5.41, 5.74) is -0.682. The maximum atomic E-state index is 12.0. The van der Waals surface area contributed by atoms with Crippen molar-refractivity contribution in [3.8, 4) is 0 Å². The van der Waals surface area contributed by atoms with E-state index in [1.807, 2.05) is 6.92 Å². The molecule has 0 aromatic carbocycles. The lowest BCUT2D eigenvalue weighted by atomic mass is 10.1. The Labute approximate surface area is 108 Å². The van der Waals surface area contributed by atoms with Crippen molar-refractivity contribution in [3.63, 3.8) is 0 Å². The fraction of sp³-hybridized carbons (Fsp3) is 0.846. The summed E-state index contributed by atoms with van der Waals surface area (Å²) in [5.74, 6) is -2.36. The highest BCUT2D eigenvalue weighted by Crippen LogP contribution is 2.27. The van der Waals surface area contributed by atoms with Gasteiger partial charge in [0.25, 0.3) is 5.78 Å². The van der Waals surface area contributed by atoms with Gasteiger partial charge in [0, 0.05) is 6.42 Å². The first-order chi connectivity index (χ1) is 8.00. The second-order valence-corrected chi connectivity index (χ2v) is 6.04. The molecule has 0 radical (unpaired) electrons. The highest BCUT2D eigenvalue weighted by atomic mass is 16.7. The molecule has 1 heterocycles. The van der Waals surface area contributed by atoms with E-state index in [1.54, 1.807) is 34.6 Å². The lowest BCUT2D eigenvalue weighted by Crippen LogP contribution is -2.49. The first-order valence-corrected chi connectivity index (χ1v) is 6.13. The molecule has 5 heteroatoms. The molecule has 0 bridgehead atoms. The third-order valence-corrected chi connectivity index (χ3v) is 2.35. The molecule has 0 amide bonds. The van der Waals surface area contributed by atoms with E-state index >= 15 is 0 Å². The van der Waals surface area contributed by atoms with Crippen LogP contribution in [-0.4, -0.2) is 35.3 Å². The van der Waals surface area contributed by atoms with Crippen molar-refractivity contribution in [1.29, 1.82) is 0 Å². The topological polar surface area (TPSA) is 61.8 Å². The first kappa shape index (κ1) is 15.1. The zero-order valence-corrected chi connectivity index (χ0v) is 11.9. The van der Waals surface area contributed by atoms with Crippen LogP contribution in [0.2, 0.25) is 0 Å². The van der Waals surface area contributed by atoms with E-state index in [0.29, 0.717) is 6.42 Å². The molecule has 1 rings (SSSR count). The van der Waals surface area contributed by atoms with Crippen LogP contribution in [-0.2, 0) is 23.8 Å². The van der Waals surface area contributed by atoms with E-state index in [-0.39, 0.29) is 6.10 Å². The highest BCUT2D eigenvalue weighted by Gasteiger charge is 2.40. The number of hydrogen-bond donors (Lipinski definition) is 0. The van der Waals surface area contributed by atoms with Gasteiger partial charge in [0.1, 0.15) is 11.7 Å². The van der Waals surface area contributed by atoms with Gasteiger partial charge in [0.2, 0.25) is 0 Å². The van der Waals surface area contributed by atoms with E-state index in [0.717, 1.165) is 0 Å². The highest BCUT2D eigenvalue weighted by molar-refractivity contribution is 6.35. The molecule has 104 valence electrons. The number of ether oxygens (including phenoxy) is 3. The van der Waals surface area contributed by atoms with Crippen molar-refractivity contribution >= 4 is 11.8 Å². The summed E-state index contributed by atoms with van der Waals surface area (Å²) in [7, 11) is 0. The summed E-state index contributed by atoms with van der Waals surface area (Å²) in [6.07, 6.45) is -0.564. The smallest absolute Gasteiger partial charge is 0.377 e. The lowest BCUT2D eigenvalue weighted by Gasteiger charge is -2.38. The Morgan fingerprint density at radius 1 is 1.22 bits per heavy atom. The van der Waals surface area contributed by atoms with Gasteiger partial charge in [-0.1, -0.05) is 0 Å². The number of esters is 1. The van der Waals surface area contributed by atoms with Crippen LogP contribution in [0.4, 0.5) is 0 Å². The minimum absolute atomic E-state index is 0.134. The zero-order chi connectivity index (χ0) is 14.1. The van der Waals surface area contributed by atoms with Crippen molar-refractivity contribution in [3.05, 3.63) is 0 Å². The summed E-state index contributed by atoms with van der Waals surface area (Å²) < 4.78 is 16.0. The number of hydrogen-bond acceptors (Lipinski definition) is 5. The molecule has 1 aliphatic heterocycles. The molecule has 1 fully saturated rings. The SMILES string of the molecule is CC1CC(C(=O)C(=O)OC(C)(C)C)OC(C)(C)O1. The molecule has 2 atom stereocenters. The number of carbonyl (C=O) groups is 2. The van der Waals surface area contributed by atoms with Gasteiger partial charge in [-0.05, 0) is 41.5 Å². The standard InChI is InChI=1S/C13H22O5/c1-8-7-9(17-13(5,6)16-8)10(14)11(15)18-12(2,3)4/h8-9H,7H2,1-6H3. The molecule has 0 aliphatic carbocycles. The van der Waals surface area contributed by atoms with Gasteiger partial charge in [-0.15, -0.1) is 0 Å². The molecule has 2 unspecified atom stereocenters. The largest absolute Gasteiger partial charge is 0.454 e. The molecule has 1 saturated heterocycles. The maximum Gasteiger partial charge on any atom is 0.377 e. The normalized spacial score (nSPS) is 27.7. The minimum atomic E-state index is -0.861. The van der Waals surface area contributed by atoms with E-state index in [2.05, 4.69) is 0 Å². The second kappa shape index (κ2) is 4.97. The average Bonchev–Trinajstić information content (AvgIpc) is 2.10.